The topological polar surface area (TPSA) is 84.3 Å². The van der Waals surface area contributed by atoms with Crippen molar-refractivity contribution >= 4 is 27.7 Å². The van der Waals surface area contributed by atoms with Crippen LogP contribution in [-0.2, 0) is 10.0 Å². The largest absolute Gasteiger partial charge is 0.348 e. The average molecular weight is 395 g/mol. The highest BCUT2D eigenvalue weighted by molar-refractivity contribution is 7.98. The molecule has 0 bridgehead atoms. The molecule has 1 aromatic carbocycles. The summed E-state index contributed by atoms with van der Waals surface area (Å²) >= 11 is 1.48. The molecule has 1 aliphatic rings. The maximum absolute atomic E-state index is 12.8. The average Bonchev–Trinajstić information content (AvgIpc) is 3.06. The Hall–Kier alpha value is -1.84. The number of rotatable bonds is 5. The number of carbonyl (C=O) groups is 1. The van der Waals surface area contributed by atoms with Crippen molar-refractivity contribution in [3.8, 4) is 5.69 Å². The number of nitrogens with zero attached hydrogens (tertiary/aromatic N) is 3. The molecule has 1 amide bonds. The van der Waals surface area contributed by atoms with Crippen molar-refractivity contribution in [2.45, 2.75) is 24.0 Å². The number of thioether (sulfide) groups is 1. The van der Waals surface area contributed by atoms with Crippen LogP contribution in [0.15, 0.2) is 41.7 Å². The maximum atomic E-state index is 12.8. The van der Waals surface area contributed by atoms with Crippen LogP contribution in [0.5, 0.6) is 0 Å². The van der Waals surface area contributed by atoms with Crippen molar-refractivity contribution in [1.29, 1.82) is 0 Å². The number of benzene rings is 1. The van der Waals surface area contributed by atoms with Crippen LogP contribution in [0.25, 0.3) is 5.69 Å². The summed E-state index contributed by atoms with van der Waals surface area (Å²) < 4.78 is 26.5. The second-order valence-corrected chi connectivity index (χ2v) is 8.97. The number of aromatic nitrogens is 2. The molecule has 1 aliphatic heterocycles. The van der Waals surface area contributed by atoms with Crippen molar-refractivity contribution < 1.29 is 13.2 Å². The molecule has 0 saturated carbocycles. The quantitative estimate of drug-likeness (QED) is 0.781. The fourth-order valence-electron chi connectivity index (χ4n) is 3.06. The molecule has 7 nitrogen and oxygen atoms in total. The molecule has 140 valence electrons. The highest BCUT2D eigenvalue weighted by atomic mass is 32.2. The summed E-state index contributed by atoms with van der Waals surface area (Å²) in [6.45, 7) is 0.857. The third kappa shape index (κ3) is 4.11. The molecular weight excluding hydrogens is 372 g/mol. The van der Waals surface area contributed by atoms with E-state index in [1.54, 1.807) is 6.20 Å². The SMILES string of the molecule is CSc1ncc(C(=O)NC2CCN(S(C)(=O)=O)CC2)n1-c1ccccc1. The van der Waals surface area contributed by atoms with Gasteiger partial charge in [0.1, 0.15) is 5.69 Å². The third-order valence-corrected chi connectivity index (χ3v) is 6.37. The van der Waals surface area contributed by atoms with E-state index in [0.29, 0.717) is 31.6 Å². The Morgan fingerprint density at radius 3 is 2.46 bits per heavy atom. The third-order valence-electron chi connectivity index (χ3n) is 4.42. The zero-order valence-electron chi connectivity index (χ0n) is 14.8. The summed E-state index contributed by atoms with van der Waals surface area (Å²) in [5.41, 5.74) is 1.36. The first-order valence-electron chi connectivity index (χ1n) is 8.33. The van der Waals surface area contributed by atoms with Gasteiger partial charge in [-0.15, -0.1) is 0 Å². The van der Waals surface area contributed by atoms with Crippen molar-refractivity contribution in [2.75, 3.05) is 25.6 Å². The van der Waals surface area contributed by atoms with E-state index in [1.807, 2.05) is 41.2 Å². The van der Waals surface area contributed by atoms with E-state index >= 15 is 0 Å². The Morgan fingerprint density at radius 2 is 1.88 bits per heavy atom. The predicted molar refractivity (Wildman–Crippen MR) is 102 cm³/mol. The molecule has 3 rings (SSSR count). The first-order valence-corrected chi connectivity index (χ1v) is 11.4. The second-order valence-electron chi connectivity index (χ2n) is 6.21. The van der Waals surface area contributed by atoms with Gasteiger partial charge in [0.2, 0.25) is 10.0 Å². The molecule has 0 aliphatic carbocycles. The lowest BCUT2D eigenvalue weighted by Gasteiger charge is -2.30. The van der Waals surface area contributed by atoms with Gasteiger partial charge < -0.3 is 5.32 Å². The molecule has 2 heterocycles. The van der Waals surface area contributed by atoms with E-state index in [4.69, 9.17) is 0 Å². The fourth-order valence-corrected chi connectivity index (χ4v) is 4.48. The van der Waals surface area contributed by atoms with Crippen molar-refractivity contribution in [1.82, 2.24) is 19.2 Å². The molecule has 1 N–H and O–H groups in total. The van der Waals surface area contributed by atoms with Crippen LogP contribution in [0.4, 0.5) is 0 Å². The van der Waals surface area contributed by atoms with Crippen LogP contribution < -0.4 is 5.32 Å². The highest BCUT2D eigenvalue weighted by Gasteiger charge is 2.27. The van der Waals surface area contributed by atoms with Crippen LogP contribution in [0.3, 0.4) is 0 Å². The van der Waals surface area contributed by atoms with Gasteiger partial charge in [0.25, 0.3) is 5.91 Å². The van der Waals surface area contributed by atoms with Gasteiger partial charge in [0, 0.05) is 24.8 Å². The zero-order chi connectivity index (χ0) is 18.7. The molecule has 0 radical (unpaired) electrons. The Morgan fingerprint density at radius 1 is 1.23 bits per heavy atom. The van der Waals surface area contributed by atoms with Gasteiger partial charge in [-0.25, -0.2) is 17.7 Å². The van der Waals surface area contributed by atoms with Crippen LogP contribution in [0.1, 0.15) is 23.3 Å². The minimum Gasteiger partial charge on any atom is -0.348 e. The number of sulfonamides is 1. The van der Waals surface area contributed by atoms with Gasteiger partial charge in [-0.05, 0) is 31.2 Å². The van der Waals surface area contributed by atoms with E-state index in [0.717, 1.165) is 10.8 Å². The minimum atomic E-state index is -3.17. The highest BCUT2D eigenvalue weighted by Crippen LogP contribution is 2.22. The molecule has 1 saturated heterocycles. The monoisotopic (exact) mass is 394 g/mol. The van der Waals surface area contributed by atoms with Crippen LogP contribution in [-0.4, -0.2) is 59.8 Å². The van der Waals surface area contributed by atoms with Crippen LogP contribution >= 0.6 is 11.8 Å². The molecule has 0 unspecified atom stereocenters. The summed E-state index contributed by atoms with van der Waals surface area (Å²) in [6, 6.07) is 9.58. The summed E-state index contributed by atoms with van der Waals surface area (Å²) in [5.74, 6) is -0.195. The van der Waals surface area contributed by atoms with Crippen molar-refractivity contribution in [2.24, 2.45) is 0 Å². The lowest BCUT2D eigenvalue weighted by molar-refractivity contribution is 0.0916. The lowest BCUT2D eigenvalue weighted by atomic mass is 10.1. The number of amides is 1. The Kier molecular flexibility index (Phi) is 5.69. The Balaban J connectivity index is 1.75. The molecule has 9 heteroatoms. The van der Waals surface area contributed by atoms with E-state index in [2.05, 4.69) is 10.3 Å². The molecule has 2 aromatic rings. The number of carbonyl (C=O) groups excluding carboxylic acids is 1. The summed E-state index contributed by atoms with van der Waals surface area (Å²) in [7, 11) is -3.17. The first kappa shape index (κ1) is 18.9. The summed E-state index contributed by atoms with van der Waals surface area (Å²) in [6.07, 6.45) is 5.93. The van der Waals surface area contributed by atoms with E-state index in [9.17, 15) is 13.2 Å². The predicted octanol–water partition coefficient (Wildman–Crippen LogP) is 1.75. The Bertz CT molecular complexity index is 873. The van der Waals surface area contributed by atoms with Gasteiger partial charge in [0.05, 0.1) is 12.5 Å². The Labute approximate surface area is 157 Å². The molecule has 0 atom stereocenters. The first-order chi connectivity index (χ1) is 12.4. The van der Waals surface area contributed by atoms with Crippen LogP contribution in [0.2, 0.25) is 0 Å². The molecule has 1 fully saturated rings. The molecule has 0 spiro atoms. The summed E-state index contributed by atoms with van der Waals surface area (Å²) in [4.78, 5) is 17.1. The normalized spacial score (nSPS) is 16.5. The smallest absolute Gasteiger partial charge is 0.270 e. The van der Waals surface area contributed by atoms with Gasteiger partial charge in [-0.2, -0.15) is 0 Å². The standard InChI is InChI=1S/C17H22N4O3S2/c1-25-17-18-12-15(21(17)14-6-4-3-5-7-14)16(22)19-13-8-10-20(11-9-13)26(2,23)24/h3-7,12-13H,8-11H2,1-2H3,(H,19,22). The van der Waals surface area contributed by atoms with E-state index < -0.39 is 10.0 Å². The number of piperidine rings is 1. The zero-order valence-corrected chi connectivity index (χ0v) is 16.4. The van der Waals surface area contributed by atoms with E-state index in [-0.39, 0.29) is 11.9 Å². The van der Waals surface area contributed by atoms with Crippen molar-refractivity contribution in [3.05, 3.63) is 42.2 Å². The molecule has 1 aromatic heterocycles. The van der Waals surface area contributed by atoms with E-state index in [1.165, 1.54) is 22.3 Å². The van der Waals surface area contributed by atoms with Crippen LogP contribution in [0, 0.1) is 0 Å². The number of hydrogen-bond acceptors (Lipinski definition) is 5. The number of imidazole rings is 1. The number of hydrogen-bond donors (Lipinski definition) is 1. The maximum Gasteiger partial charge on any atom is 0.270 e. The number of para-hydroxylation sites is 1. The van der Waals surface area contributed by atoms with Gasteiger partial charge in [0.15, 0.2) is 5.16 Å². The second kappa shape index (κ2) is 7.81. The lowest BCUT2D eigenvalue weighted by Crippen LogP contribution is -2.46. The fraction of sp³-hybridized carbons (Fsp3) is 0.412. The van der Waals surface area contributed by atoms with Gasteiger partial charge in [-0.1, -0.05) is 30.0 Å². The van der Waals surface area contributed by atoms with Gasteiger partial charge in [-0.3, -0.25) is 9.36 Å². The summed E-state index contributed by atoms with van der Waals surface area (Å²) in [5, 5.41) is 3.77. The van der Waals surface area contributed by atoms with Crippen molar-refractivity contribution in [3.63, 3.8) is 0 Å². The van der Waals surface area contributed by atoms with Gasteiger partial charge >= 0.3 is 0 Å². The molecular formula is C17H22N4O3S2. The minimum absolute atomic E-state index is 0.0441. The number of nitrogens with one attached hydrogen (secondary N) is 1. The molecule has 26 heavy (non-hydrogen) atoms.